The van der Waals surface area contributed by atoms with Gasteiger partial charge in [0.15, 0.2) is 5.65 Å². The molecule has 0 atom stereocenters. The van der Waals surface area contributed by atoms with Crippen LogP contribution < -0.4 is 21.0 Å². The molecule has 0 bridgehead atoms. The minimum Gasteiger partial charge on any atom is -0.409 e. The van der Waals surface area contributed by atoms with Crippen molar-refractivity contribution >= 4 is 51.8 Å². The predicted molar refractivity (Wildman–Crippen MR) is 134 cm³/mol. The van der Waals surface area contributed by atoms with Crippen LogP contribution in [0.1, 0.15) is 13.3 Å². The zero-order valence-electron chi connectivity index (χ0n) is 18.2. The van der Waals surface area contributed by atoms with E-state index in [9.17, 15) is 9.59 Å². The number of para-hydroxylation sites is 1. The Morgan fingerprint density at radius 3 is 2.53 bits per heavy atom. The first-order valence-electron chi connectivity index (χ1n) is 10.5. The van der Waals surface area contributed by atoms with Crippen LogP contribution in [0.3, 0.4) is 0 Å². The highest BCUT2D eigenvalue weighted by atomic mass is 35.5. The number of carbonyl (C=O) groups excluding carboxylic acids is 1. The third-order valence-corrected chi connectivity index (χ3v) is 5.51. The Balaban J connectivity index is 1.78. The molecule has 2 aromatic carbocycles. The molecule has 0 aliphatic rings. The summed E-state index contributed by atoms with van der Waals surface area (Å²) in [5, 5.41) is 7.04. The van der Waals surface area contributed by atoms with Crippen LogP contribution in [0.4, 0.5) is 11.6 Å². The smallest absolute Gasteiger partial charge is 0.293 e. The monoisotopic (exact) mass is 497 g/mol. The molecule has 8 nitrogen and oxygen atoms in total. The van der Waals surface area contributed by atoms with Crippen LogP contribution in [0.25, 0.3) is 22.2 Å². The van der Waals surface area contributed by atoms with E-state index in [0.717, 1.165) is 10.4 Å². The van der Waals surface area contributed by atoms with Crippen LogP contribution in [0.15, 0.2) is 65.6 Å². The summed E-state index contributed by atoms with van der Waals surface area (Å²) in [6.07, 6.45) is 2.09. The van der Waals surface area contributed by atoms with E-state index in [1.54, 1.807) is 30.5 Å². The molecule has 2 heterocycles. The summed E-state index contributed by atoms with van der Waals surface area (Å²) in [5.41, 5.74) is 1.28. The number of nitrogens with one attached hydrogen (secondary N) is 2. The van der Waals surface area contributed by atoms with Gasteiger partial charge in [-0.2, -0.15) is 4.98 Å². The highest BCUT2D eigenvalue weighted by Crippen LogP contribution is 2.33. The maximum absolute atomic E-state index is 13.5. The molecule has 0 unspecified atom stereocenters. The quantitative estimate of drug-likeness (QED) is 0.348. The number of anilines is 2. The summed E-state index contributed by atoms with van der Waals surface area (Å²) in [5.74, 6) is 0.166. The van der Waals surface area contributed by atoms with Crippen LogP contribution in [0.2, 0.25) is 10.0 Å². The maximum atomic E-state index is 13.5. The van der Waals surface area contributed by atoms with Crippen LogP contribution >= 0.6 is 23.2 Å². The number of benzene rings is 2. The van der Waals surface area contributed by atoms with Gasteiger partial charge in [0.2, 0.25) is 11.9 Å². The van der Waals surface area contributed by atoms with Crippen molar-refractivity contribution in [1.82, 2.24) is 20.0 Å². The number of hydrogen-bond donors (Lipinski definition) is 2. The molecule has 2 aromatic heterocycles. The van der Waals surface area contributed by atoms with Crippen molar-refractivity contribution < 1.29 is 9.63 Å². The Bertz CT molecular complexity index is 1370. The minimum atomic E-state index is -0.466. The van der Waals surface area contributed by atoms with Gasteiger partial charge in [-0.15, -0.1) is 4.73 Å². The van der Waals surface area contributed by atoms with Crippen LogP contribution in [-0.2, 0) is 4.79 Å². The topological polar surface area (TPSA) is 98.1 Å². The molecule has 174 valence electrons. The van der Waals surface area contributed by atoms with Gasteiger partial charge in [-0.3, -0.25) is 9.59 Å². The maximum Gasteiger partial charge on any atom is 0.293 e. The lowest BCUT2D eigenvalue weighted by atomic mass is 10.1. The normalized spacial score (nSPS) is 10.8. The Morgan fingerprint density at radius 2 is 1.82 bits per heavy atom. The van der Waals surface area contributed by atoms with Crippen molar-refractivity contribution in [2.24, 2.45) is 0 Å². The van der Waals surface area contributed by atoms with Crippen molar-refractivity contribution in [3.8, 4) is 11.1 Å². The summed E-state index contributed by atoms with van der Waals surface area (Å²) in [6.45, 7) is 2.02. The summed E-state index contributed by atoms with van der Waals surface area (Å²) in [7, 11) is 0. The third-order valence-electron chi connectivity index (χ3n) is 4.88. The van der Waals surface area contributed by atoms with E-state index in [4.69, 9.17) is 28.0 Å². The molecule has 4 rings (SSSR count). The van der Waals surface area contributed by atoms with Crippen LogP contribution in [-0.4, -0.2) is 33.8 Å². The zero-order chi connectivity index (χ0) is 24.1. The fourth-order valence-corrected chi connectivity index (χ4v) is 3.93. The lowest BCUT2D eigenvalue weighted by Gasteiger charge is -2.15. The van der Waals surface area contributed by atoms with Crippen molar-refractivity contribution in [1.29, 1.82) is 0 Å². The Hall–Kier alpha value is -3.62. The van der Waals surface area contributed by atoms with E-state index in [0.29, 0.717) is 39.9 Å². The molecule has 0 aliphatic carbocycles. The predicted octanol–water partition coefficient (Wildman–Crippen LogP) is 4.46. The van der Waals surface area contributed by atoms with Crippen molar-refractivity contribution in [2.75, 3.05) is 18.5 Å². The summed E-state index contributed by atoms with van der Waals surface area (Å²) in [4.78, 5) is 39.3. The first-order valence-corrected chi connectivity index (χ1v) is 11.3. The molecule has 0 spiro atoms. The molecule has 10 heteroatoms. The van der Waals surface area contributed by atoms with Gasteiger partial charge in [0.05, 0.1) is 15.6 Å². The standard InChI is InChI=1S/C24H21Cl2N5O3/c1-15(32)27-11-6-12-34-31-22-16(14-28-24(30-22)29-17-7-3-2-4-8-17)13-18(23(31)33)21-19(25)9-5-10-20(21)26/h2-5,7-10,13-14H,6,11-12H2,1H3,(H,27,32)(H,28,29,30). The summed E-state index contributed by atoms with van der Waals surface area (Å²) in [6, 6.07) is 16.1. The minimum absolute atomic E-state index is 0.137. The highest BCUT2D eigenvalue weighted by Gasteiger charge is 2.18. The number of carbonyl (C=O) groups is 1. The van der Waals surface area contributed by atoms with Crippen LogP contribution in [0, 0.1) is 0 Å². The number of nitrogens with zero attached hydrogens (tertiary/aromatic N) is 3. The average molecular weight is 498 g/mol. The van der Waals surface area contributed by atoms with Gasteiger partial charge in [-0.25, -0.2) is 4.98 Å². The van der Waals surface area contributed by atoms with Gasteiger partial charge in [-0.1, -0.05) is 47.5 Å². The van der Waals surface area contributed by atoms with E-state index >= 15 is 0 Å². The molecule has 4 aromatic rings. The van der Waals surface area contributed by atoms with Crippen LogP contribution in [0.5, 0.6) is 0 Å². The number of hydrogen-bond acceptors (Lipinski definition) is 6. The number of fused-ring (bicyclic) bond motifs is 1. The molecule has 0 saturated heterocycles. The molecule has 0 aliphatic heterocycles. The highest BCUT2D eigenvalue weighted by molar-refractivity contribution is 6.39. The molecule has 34 heavy (non-hydrogen) atoms. The summed E-state index contributed by atoms with van der Waals surface area (Å²) >= 11 is 12.8. The van der Waals surface area contributed by atoms with Crippen molar-refractivity contribution in [3.05, 3.63) is 81.2 Å². The van der Waals surface area contributed by atoms with E-state index in [1.165, 1.54) is 6.92 Å². The van der Waals surface area contributed by atoms with Gasteiger partial charge in [0, 0.05) is 42.7 Å². The lowest BCUT2D eigenvalue weighted by Crippen LogP contribution is -2.31. The molecule has 0 fully saturated rings. The van der Waals surface area contributed by atoms with Crippen molar-refractivity contribution in [2.45, 2.75) is 13.3 Å². The largest absolute Gasteiger partial charge is 0.409 e. The number of rotatable bonds is 8. The molecule has 2 N–H and O–H groups in total. The average Bonchev–Trinajstić information content (AvgIpc) is 2.81. The first-order chi connectivity index (χ1) is 16.4. The second kappa shape index (κ2) is 10.5. The SMILES string of the molecule is CC(=O)NCCCOn1c(=O)c(-c2c(Cl)cccc2Cl)cc2cnc(Nc3ccccc3)nc21. The van der Waals surface area contributed by atoms with E-state index in [1.807, 2.05) is 30.3 Å². The molecular formula is C24H21Cl2N5O3. The van der Waals surface area contributed by atoms with Crippen molar-refractivity contribution in [3.63, 3.8) is 0 Å². The number of halogens is 2. The molecule has 0 radical (unpaired) electrons. The van der Waals surface area contributed by atoms with E-state index in [2.05, 4.69) is 20.6 Å². The Labute approximate surface area is 205 Å². The second-order valence-corrected chi connectivity index (χ2v) is 8.20. The fraction of sp³-hybridized carbons (Fsp3) is 0.167. The lowest BCUT2D eigenvalue weighted by molar-refractivity contribution is -0.119. The summed E-state index contributed by atoms with van der Waals surface area (Å²) < 4.78 is 1.12. The number of pyridine rings is 1. The van der Waals surface area contributed by atoms with E-state index in [-0.39, 0.29) is 23.7 Å². The van der Waals surface area contributed by atoms with Gasteiger partial charge in [0.25, 0.3) is 5.56 Å². The second-order valence-electron chi connectivity index (χ2n) is 7.39. The molecular weight excluding hydrogens is 477 g/mol. The molecule has 1 amide bonds. The molecule has 0 saturated carbocycles. The first kappa shape index (κ1) is 23.5. The number of aromatic nitrogens is 3. The third kappa shape index (κ3) is 5.30. The van der Waals surface area contributed by atoms with Gasteiger partial charge < -0.3 is 15.5 Å². The Morgan fingerprint density at radius 1 is 1.09 bits per heavy atom. The van der Waals surface area contributed by atoms with E-state index < -0.39 is 5.56 Å². The fourth-order valence-electron chi connectivity index (χ4n) is 3.33. The van der Waals surface area contributed by atoms with Gasteiger partial charge in [-0.05, 0) is 30.3 Å². The van der Waals surface area contributed by atoms with Gasteiger partial charge in [0.1, 0.15) is 6.61 Å². The number of amides is 1. The van der Waals surface area contributed by atoms with Gasteiger partial charge >= 0.3 is 0 Å². The Kier molecular flexibility index (Phi) is 7.30. The zero-order valence-corrected chi connectivity index (χ0v) is 19.7.